The number of thiol groups is 1. The minimum Gasteiger partial charge on any atom is -0.321 e. The van der Waals surface area contributed by atoms with Crippen molar-refractivity contribution in [3.8, 4) is 0 Å². The molecule has 0 aliphatic heterocycles. The van der Waals surface area contributed by atoms with Gasteiger partial charge in [0, 0.05) is 14.9 Å². The van der Waals surface area contributed by atoms with Crippen molar-refractivity contribution < 1.29 is 4.79 Å². The van der Waals surface area contributed by atoms with E-state index in [1.807, 2.05) is 25.1 Å². The van der Waals surface area contributed by atoms with Crippen molar-refractivity contribution in [1.82, 2.24) is 0 Å². The first-order valence-corrected chi connectivity index (χ1v) is 7.15. The van der Waals surface area contributed by atoms with E-state index in [1.54, 1.807) is 18.2 Å². The molecule has 0 heterocycles. The second kappa shape index (κ2) is 5.99. The van der Waals surface area contributed by atoms with Gasteiger partial charge in [-0.25, -0.2) is 0 Å². The number of hydrogen-bond donors (Lipinski definition) is 2. The minimum atomic E-state index is -0.201. The van der Waals surface area contributed by atoms with Crippen LogP contribution in [0.4, 0.5) is 5.69 Å². The van der Waals surface area contributed by atoms with Gasteiger partial charge in [-0.15, -0.1) is 12.6 Å². The van der Waals surface area contributed by atoms with Gasteiger partial charge in [0.1, 0.15) is 0 Å². The zero-order valence-corrected chi connectivity index (χ0v) is 13.3. The smallest absolute Gasteiger partial charge is 0.256 e. The molecule has 0 saturated carbocycles. The Morgan fingerprint density at radius 1 is 1.26 bits per heavy atom. The Balaban J connectivity index is 2.30. The monoisotopic (exact) mass is 355 g/mol. The lowest BCUT2D eigenvalue weighted by Crippen LogP contribution is -2.13. The summed E-state index contributed by atoms with van der Waals surface area (Å²) in [5.41, 5.74) is 2.05. The van der Waals surface area contributed by atoms with Crippen molar-refractivity contribution >= 4 is 51.8 Å². The zero-order valence-electron chi connectivity index (χ0n) is 10.1. The third-order valence-corrected chi connectivity index (χ3v) is 3.74. The van der Waals surface area contributed by atoms with E-state index in [2.05, 4.69) is 33.9 Å². The van der Waals surface area contributed by atoms with Gasteiger partial charge in [-0.3, -0.25) is 4.79 Å². The van der Waals surface area contributed by atoms with Gasteiger partial charge in [0.25, 0.3) is 5.91 Å². The largest absolute Gasteiger partial charge is 0.321 e. The van der Waals surface area contributed by atoms with E-state index in [4.69, 9.17) is 11.6 Å². The van der Waals surface area contributed by atoms with Gasteiger partial charge in [0.2, 0.25) is 0 Å². The Bertz CT molecular complexity index is 645. The van der Waals surface area contributed by atoms with Crippen LogP contribution in [0.5, 0.6) is 0 Å². The Morgan fingerprint density at radius 2 is 2.00 bits per heavy atom. The fourth-order valence-electron chi connectivity index (χ4n) is 1.64. The van der Waals surface area contributed by atoms with E-state index in [1.165, 1.54) is 0 Å². The van der Waals surface area contributed by atoms with Crippen molar-refractivity contribution in [1.29, 1.82) is 0 Å². The molecule has 5 heteroatoms. The van der Waals surface area contributed by atoms with Crippen LogP contribution in [-0.4, -0.2) is 5.91 Å². The van der Waals surface area contributed by atoms with Gasteiger partial charge < -0.3 is 5.32 Å². The molecule has 0 aliphatic rings. The normalized spacial score (nSPS) is 10.3. The second-order valence-electron chi connectivity index (χ2n) is 4.08. The van der Waals surface area contributed by atoms with Crippen LogP contribution in [0.15, 0.2) is 45.8 Å². The van der Waals surface area contributed by atoms with Crippen LogP contribution < -0.4 is 5.32 Å². The molecule has 0 bridgehead atoms. The maximum Gasteiger partial charge on any atom is 0.256 e. The van der Waals surface area contributed by atoms with Crippen LogP contribution in [0.3, 0.4) is 0 Å². The summed E-state index contributed by atoms with van der Waals surface area (Å²) in [5, 5.41) is 3.30. The SMILES string of the molecule is Cc1ccc(S)cc1C(=O)Nc1cc(Br)ccc1Cl. The van der Waals surface area contributed by atoms with Crippen LogP contribution >= 0.6 is 40.2 Å². The van der Waals surface area contributed by atoms with Crippen LogP contribution in [0, 0.1) is 6.92 Å². The Morgan fingerprint density at radius 3 is 2.74 bits per heavy atom. The van der Waals surface area contributed by atoms with E-state index < -0.39 is 0 Å². The summed E-state index contributed by atoms with van der Waals surface area (Å²) in [5.74, 6) is -0.201. The molecular formula is C14H11BrClNOS. The van der Waals surface area contributed by atoms with Crippen molar-refractivity contribution in [2.45, 2.75) is 11.8 Å². The van der Waals surface area contributed by atoms with Crippen molar-refractivity contribution in [3.63, 3.8) is 0 Å². The van der Waals surface area contributed by atoms with Crippen LogP contribution in [0.1, 0.15) is 15.9 Å². The predicted molar refractivity (Wildman–Crippen MR) is 85.5 cm³/mol. The third kappa shape index (κ3) is 3.53. The summed E-state index contributed by atoms with van der Waals surface area (Å²) in [4.78, 5) is 13.0. The van der Waals surface area contributed by atoms with Crippen molar-refractivity contribution in [2.75, 3.05) is 5.32 Å². The van der Waals surface area contributed by atoms with Gasteiger partial charge in [-0.2, -0.15) is 0 Å². The highest BCUT2D eigenvalue weighted by atomic mass is 79.9. The topological polar surface area (TPSA) is 29.1 Å². The molecule has 2 aromatic carbocycles. The van der Waals surface area contributed by atoms with Crippen molar-refractivity contribution in [2.24, 2.45) is 0 Å². The quantitative estimate of drug-likeness (QED) is 0.732. The molecule has 0 radical (unpaired) electrons. The molecular weight excluding hydrogens is 346 g/mol. The molecule has 0 aliphatic carbocycles. The number of benzene rings is 2. The Labute approximate surface area is 130 Å². The number of aryl methyl sites for hydroxylation is 1. The number of anilines is 1. The molecule has 1 N–H and O–H groups in total. The number of carbonyl (C=O) groups excluding carboxylic acids is 1. The van der Waals surface area contributed by atoms with E-state index in [-0.39, 0.29) is 5.91 Å². The highest BCUT2D eigenvalue weighted by Crippen LogP contribution is 2.26. The molecule has 19 heavy (non-hydrogen) atoms. The summed E-state index contributed by atoms with van der Waals surface area (Å²) < 4.78 is 0.854. The molecule has 98 valence electrons. The first kappa shape index (κ1) is 14.4. The van der Waals surface area contributed by atoms with Gasteiger partial charge in [0.05, 0.1) is 10.7 Å². The lowest BCUT2D eigenvalue weighted by molar-refractivity contribution is 0.102. The molecule has 2 nitrogen and oxygen atoms in total. The highest BCUT2D eigenvalue weighted by Gasteiger charge is 2.11. The standard InChI is InChI=1S/C14H11BrClNOS/c1-8-2-4-10(19)7-11(8)14(18)17-13-6-9(15)3-5-12(13)16/h2-7,19H,1H3,(H,17,18). The molecule has 0 unspecified atom stereocenters. The minimum absolute atomic E-state index is 0.201. The Hall–Kier alpha value is -0.970. The first-order chi connectivity index (χ1) is 8.97. The number of rotatable bonds is 2. The maximum absolute atomic E-state index is 12.2. The van der Waals surface area contributed by atoms with Gasteiger partial charge in [-0.05, 0) is 42.8 Å². The second-order valence-corrected chi connectivity index (χ2v) is 5.92. The third-order valence-electron chi connectivity index (χ3n) is 2.64. The van der Waals surface area contributed by atoms with E-state index >= 15 is 0 Å². The number of amides is 1. The number of carbonyl (C=O) groups is 1. The van der Waals surface area contributed by atoms with Crippen LogP contribution in [0.2, 0.25) is 5.02 Å². The van der Waals surface area contributed by atoms with E-state index in [0.717, 1.165) is 14.9 Å². The fraction of sp³-hybridized carbons (Fsp3) is 0.0714. The maximum atomic E-state index is 12.2. The molecule has 0 atom stereocenters. The number of hydrogen-bond acceptors (Lipinski definition) is 2. The molecule has 1 amide bonds. The summed E-state index contributed by atoms with van der Waals surface area (Å²) in [6.07, 6.45) is 0. The molecule has 0 aromatic heterocycles. The van der Waals surface area contributed by atoms with E-state index in [0.29, 0.717) is 16.3 Å². The fourth-order valence-corrected chi connectivity index (χ4v) is 2.37. The molecule has 2 rings (SSSR count). The summed E-state index contributed by atoms with van der Waals surface area (Å²) in [6.45, 7) is 1.88. The molecule has 2 aromatic rings. The Kier molecular flexibility index (Phi) is 4.55. The van der Waals surface area contributed by atoms with E-state index in [9.17, 15) is 4.79 Å². The molecule has 0 saturated heterocycles. The molecule has 0 fully saturated rings. The summed E-state index contributed by atoms with van der Waals surface area (Å²) in [7, 11) is 0. The van der Waals surface area contributed by atoms with Crippen LogP contribution in [-0.2, 0) is 0 Å². The average molecular weight is 357 g/mol. The highest BCUT2D eigenvalue weighted by molar-refractivity contribution is 9.10. The lowest BCUT2D eigenvalue weighted by atomic mass is 10.1. The number of halogens is 2. The molecule has 0 spiro atoms. The average Bonchev–Trinajstić information content (AvgIpc) is 2.36. The first-order valence-electron chi connectivity index (χ1n) is 5.53. The summed E-state index contributed by atoms with van der Waals surface area (Å²) in [6, 6.07) is 10.8. The van der Waals surface area contributed by atoms with Crippen molar-refractivity contribution in [3.05, 3.63) is 57.0 Å². The summed E-state index contributed by atoms with van der Waals surface area (Å²) >= 11 is 13.6. The predicted octanol–water partition coefficient (Wildman–Crippen LogP) is 4.95. The van der Waals surface area contributed by atoms with Gasteiger partial charge in [-0.1, -0.05) is 33.6 Å². The van der Waals surface area contributed by atoms with Crippen LogP contribution in [0.25, 0.3) is 0 Å². The number of nitrogens with one attached hydrogen (secondary N) is 1. The van der Waals surface area contributed by atoms with Gasteiger partial charge in [0.15, 0.2) is 0 Å². The zero-order chi connectivity index (χ0) is 14.0. The lowest BCUT2D eigenvalue weighted by Gasteiger charge is -2.10. The van der Waals surface area contributed by atoms with Gasteiger partial charge >= 0.3 is 0 Å².